The van der Waals surface area contributed by atoms with Gasteiger partial charge in [0.2, 0.25) is 0 Å². The van der Waals surface area contributed by atoms with Crippen LogP contribution in [0.3, 0.4) is 0 Å². The summed E-state index contributed by atoms with van der Waals surface area (Å²) in [4.78, 5) is 0. The van der Waals surface area contributed by atoms with Crippen LogP contribution in [0.4, 0.5) is 0 Å². The molecule has 1 atom stereocenters. The van der Waals surface area contributed by atoms with Gasteiger partial charge in [0.25, 0.3) is 0 Å². The minimum Gasteiger partial charge on any atom is -0.374 e. The van der Waals surface area contributed by atoms with Gasteiger partial charge < -0.3 is 4.74 Å². The van der Waals surface area contributed by atoms with Crippen molar-refractivity contribution >= 4 is 0 Å². The van der Waals surface area contributed by atoms with Crippen LogP contribution in [0.5, 0.6) is 0 Å². The summed E-state index contributed by atoms with van der Waals surface area (Å²) in [5.74, 6) is 0. The van der Waals surface area contributed by atoms with Crippen LogP contribution in [0.15, 0.2) is 24.3 Å². The largest absolute Gasteiger partial charge is 0.374 e. The monoisotopic (exact) mass is 121 g/mol. The van der Waals surface area contributed by atoms with Gasteiger partial charge in [0.05, 0.1) is 12.7 Å². The van der Waals surface area contributed by atoms with E-state index in [4.69, 9.17) is 4.74 Å². The molecule has 48 valence electrons. The molecule has 9 heavy (non-hydrogen) atoms. The molecule has 1 aromatic carbocycles. The summed E-state index contributed by atoms with van der Waals surface area (Å²) < 4.78 is 5.08. The molecule has 1 heteroatoms. The Morgan fingerprint density at radius 1 is 1.78 bits per heavy atom. The van der Waals surface area contributed by atoms with Crippen LogP contribution in [-0.2, 0) is 11.2 Å². The lowest BCUT2D eigenvalue weighted by Crippen LogP contribution is -1.88. The first-order valence-corrected chi connectivity index (χ1v) is 3.27. The van der Waals surface area contributed by atoms with Crippen molar-refractivity contribution in [3.05, 3.63) is 29.8 Å². The smallest absolute Gasteiger partial charge is 0.0737 e. The number of hydrogen-bond donors (Lipinski definition) is 0. The first-order valence-electron chi connectivity index (χ1n) is 3.27. The summed E-state index contributed by atoms with van der Waals surface area (Å²) in [6.45, 7) is 0.963. The quantitative estimate of drug-likeness (QED) is 0.425. The summed E-state index contributed by atoms with van der Waals surface area (Å²) in [5, 5.41) is 0. The lowest BCUT2D eigenvalue weighted by Gasteiger charge is -1.96. The van der Waals surface area contributed by atoms with E-state index in [0.717, 1.165) is 13.0 Å². The minimum atomic E-state index is 0.535. The first-order chi connectivity index (χ1) is 4.45. The molecule has 0 radical (unpaired) electrons. The lowest BCUT2D eigenvalue weighted by atomic mass is 10.2. The SMILES string of the molecule is c1cc(CC2CO2)c[cH-]1. The van der Waals surface area contributed by atoms with Crippen LogP contribution in [0.1, 0.15) is 5.56 Å². The van der Waals surface area contributed by atoms with Gasteiger partial charge in [-0.3, -0.25) is 0 Å². The van der Waals surface area contributed by atoms with Crippen molar-refractivity contribution in [1.29, 1.82) is 0 Å². The van der Waals surface area contributed by atoms with Crippen LogP contribution in [0, 0.1) is 0 Å². The topological polar surface area (TPSA) is 12.5 Å². The molecule has 1 aliphatic heterocycles. The Kier molecular flexibility index (Phi) is 1.09. The fraction of sp³-hybridized carbons (Fsp3) is 0.375. The molecule has 2 rings (SSSR count). The van der Waals surface area contributed by atoms with Crippen molar-refractivity contribution < 1.29 is 4.74 Å². The second-order valence-corrected chi connectivity index (χ2v) is 2.45. The third-order valence-corrected chi connectivity index (χ3v) is 1.60. The predicted molar refractivity (Wildman–Crippen MR) is 35.5 cm³/mol. The molecule has 1 aliphatic rings. The Morgan fingerprint density at radius 3 is 3.22 bits per heavy atom. The summed E-state index contributed by atoms with van der Waals surface area (Å²) in [6, 6.07) is 8.42. The van der Waals surface area contributed by atoms with Gasteiger partial charge in [0.1, 0.15) is 0 Å². The van der Waals surface area contributed by atoms with Crippen molar-refractivity contribution in [1.82, 2.24) is 0 Å². The average Bonchev–Trinajstić information content (AvgIpc) is 2.46. The number of hydrogen-bond acceptors (Lipinski definition) is 1. The normalized spacial score (nSPS) is 24.2. The van der Waals surface area contributed by atoms with Crippen LogP contribution < -0.4 is 0 Å². The van der Waals surface area contributed by atoms with Crippen molar-refractivity contribution in [3.8, 4) is 0 Å². The second-order valence-electron chi connectivity index (χ2n) is 2.45. The van der Waals surface area contributed by atoms with Gasteiger partial charge in [-0.05, 0) is 0 Å². The molecule has 0 aliphatic carbocycles. The van der Waals surface area contributed by atoms with Crippen LogP contribution in [0.2, 0.25) is 0 Å². The van der Waals surface area contributed by atoms with Crippen LogP contribution in [-0.4, -0.2) is 12.7 Å². The highest BCUT2D eigenvalue weighted by molar-refractivity contribution is 5.17. The van der Waals surface area contributed by atoms with Crippen molar-refractivity contribution in [2.24, 2.45) is 0 Å². The number of epoxide rings is 1. The van der Waals surface area contributed by atoms with Gasteiger partial charge >= 0.3 is 0 Å². The molecule has 0 bridgehead atoms. The molecule has 0 N–H and O–H groups in total. The van der Waals surface area contributed by atoms with Gasteiger partial charge in [-0.1, -0.05) is 6.42 Å². The molecule has 0 saturated carbocycles. The van der Waals surface area contributed by atoms with E-state index in [0.29, 0.717) is 6.10 Å². The molecule has 0 spiro atoms. The molecule has 0 aromatic heterocycles. The summed E-state index contributed by atoms with van der Waals surface area (Å²) in [7, 11) is 0. The van der Waals surface area contributed by atoms with E-state index < -0.39 is 0 Å². The highest BCUT2D eigenvalue weighted by atomic mass is 16.6. The van der Waals surface area contributed by atoms with Gasteiger partial charge in [-0.15, -0.1) is 0 Å². The zero-order valence-electron chi connectivity index (χ0n) is 5.21. The van der Waals surface area contributed by atoms with Crippen molar-refractivity contribution in [3.63, 3.8) is 0 Å². The molecular formula is C8H9O-. The van der Waals surface area contributed by atoms with Gasteiger partial charge in [-0.2, -0.15) is 23.8 Å². The third-order valence-electron chi connectivity index (χ3n) is 1.60. The van der Waals surface area contributed by atoms with E-state index in [1.54, 1.807) is 0 Å². The van der Waals surface area contributed by atoms with E-state index in [1.165, 1.54) is 5.56 Å². The van der Waals surface area contributed by atoms with E-state index in [1.807, 2.05) is 0 Å². The predicted octanol–water partition coefficient (Wildman–Crippen LogP) is 1.35. The highest BCUT2D eigenvalue weighted by Gasteiger charge is 2.19. The zero-order chi connectivity index (χ0) is 6.10. The highest BCUT2D eigenvalue weighted by Crippen LogP contribution is 2.15. The number of rotatable bonds is 2. The van der Waals surface area contributed by atoms with Gasteiger partial charge in [0.15, 0.2) is 0 Å². The Morgan fingerprint density at radius 2 is 2.67 bits per heavy atom. The Bertz CT molecular complexity index is 172. The Labute approximate surface area is 54.6 Å². The van der Waals surface area contributed by atoms with Crippen molar-refractivity contribution in [2.45, 2.75) is 12.5 Å². The summed E-state index contributed by atoms with van der Waals surface area (Å²) in [5.41, 5.74) is 1.40. The van der Waals surface area contributed by atoms with E-state index in [2.05, 4.69) is 24.3 Å². The Hall–Kier alpha value is -0.690. The van der Waals surface area contributed by atoms with Crippen LogP contribution >= 0.6 is 0 Å². The van der Waals surface area contributed by atoms with Gasteiger partial charge in [0, 0.05) is 0 Å². The molecule has 1 aromatic rings. The fourth-order valence-electron chi connectivity index (χ4n) is 0.999. The molecule has 1 nitrogen and oxygen atoms in total. The lowest BCUT2D eigenvalue weighted by molar-refractivity contribution is 0.408. The summed E-state index contributed by atoms with van der Waals surface area (Å²) >= 11 is 0. The van der Waals surface area contributed by atoms with E-state index in [9.17, 15) is 0 Å². The molecule has 1 saturated heterocycles. The van der Waals surface area contributed by atoms with E-state index in [-0.39, 0.29) is 0 Å². The first kappa shape index (κ1) is 5.12. The van der Waals surface area contributed by atoms with E-state index >= 15 is 0 Å². The van der Waals surface area contributed by atoms with Crippen LogP contribution in [0.25, 0.3) is 0 Å². The fourth-order valence-corrected chi connectivity index (χ4v) is 0.999. The molecule has 1 unspecified atom stereocenters. The molecular weight excluding hydrogens is 112 g/mol. The zero-order valence-corrected chi connectivity index (χ0v) is 5.21. The molecule has 0 amide bonds. The maximum atomic E-state index is 5.08. The Balaban J connectivity index is 1.99. The third kappa shape index (κ3) is 1.16. The maximum Gasteiger partial charge on any atom is 0.0737 e. The maximum absolute atomic E-state index is 5.08. The average molecular weight is 121 g/mol. The second kappa shape index (κ2) is 1.92. The van der Waals surface area contributed by atoms with Gasteiger partial charge in [-0.25, -0.2) is 6.07 Å². The molecule has 1 fully saturated rings. The van der Waals surface area contributed by atoms with Crippen molar-refractivity contribution in [2.75, 3.05) is 6.61 Å². The summed E-state index contributed by atoms with van der Waals surface area (Å²) in [6.07, 6.45) is 1.64. The minimum absolute atomic E-state index is 0.535. The number of ether oxygens (including phenoxy) is 1. The molecule has 1 heterocycles. The standard InChI is InChI=1S/C8H9O/c1-2-4-7(3-1)5-8-6-9-8/h1-4,8H,5-6H2/q-1.